The van der Waals surface area contributed by atoms with Crippen molar-refractivity contribution in [2.45, 2.75) is 38.3 Å². The Morgan fingerprint density at radius 2 is 1.87 bits per heavy atom. The van der Waals surface area contributed by atoms with Crippen LogP contribution in [0, 0.1) is 5.92 Å². The molecule has 0 amide bonds. The van der Waals surface area contributed by atoms with Gasteiger partial charge in [-0.15, -0.1) is 0 Å². The van der Waals surface area contributed by atoms with Gasteiger partial charge in [0.15, 0.2) is 17.2 Å². The highest BCUT2D eigenvalue weighted by Gasteiger charge is 2.30. The summed E-state index contributed by atoms with van der Waals surface area (Å²) in [5.74, 6) is -0.347. The second-order valence-electron chi connectivity index (χ2n) is 9.59. The molecule has 3 aromatic heterocycles. The Morgan fingerprint density at radius 1 is 1.08 bits per heavy atom. The minimum Gasteiger partial charge on any atom is -0.488 e. The summed E-state index contributed by atoms with van der Waals surface area (Å²) in [7, 11) is 0. The maximum absolute atomic E-state index is 13.9. The van der Waals surface area contributed by atoms with Gasteiger partial charge in [0.2, 0.25) is 0 Å². The lowest BCUT2D eigenvalue weighted by atomic mass is 9.86. The number of aliphatic carboxylic acids is 1. The molecule has 1 saturated carbocycles. The summed E-state index contributed by atoms with van der Waals surface area (Å²) < 4.78 is 7.73. The van der Waals surface area contributed by atoms with Crippen molar-refractivity contribution in [3.8, 4) is 17.1 Å². The Kier molecular flexibility index (Phi) is 5.99. The maximum atomic E-state index is 13.9. The molecule has 0 unspecified atom stereocenters. The average molecular weight is 511 g/mol. The van der Waals surface area contributed by atoms with Crippen molar-refractivity contribution in [2.75, 3.05) is 5.73 Å². The molecular weight excluding hydrogens is 484 g/mol. The van der Waals surface area contributed by atoms with E-state index in [4.69, 9.17) is 10.5 Å². The second-order valence-corrected chi connectivity index (χ2v) is 9.59. The molecule has 0 spiro atoms. The van der Waals surface area contributed by atoms with Crippen LogP contribution in [-0.2, 0) is 11.4 Å². The second kappa shape index (κ2) is 9.62. The lowest BCUT2D eigenvalue weighted by Crippen LogP contribution is -2.32. The summed E-state index contributed by atoms with van der Waals surface area (Å²) >= 11 is 0. The molecule has 2 aromatic carbocycles. The summed E-state index contributed by atoms with van der Waals surface area (Å²) in [4.78, 5) is 41.7. The van der Waals surface area contributed by atoms with Crippen LogP contribution in [0.5, 0.6) is 5.75 Å². The van der Waals surface area contributed by atoms with Gasteiger partial charge in [-0.25, -0.2) is 15.0 Å². The summed E-state index contributed by atoms with van der Waals surface area (Å²) in [6.45, 7) is 0.411. The van der Waals surface area contributed by atoms with E-state index in [0.717, 1.165) is 16.5 Å². The van der Waals surface area contributed by atoms with Gasteiger partial charge in [0.05, 0.1) is 11.6 Å². The number of carbonyl (C=O) groups is 1. The van der Waals surface area contributed by atoms with Crippen LogP contribution in [0.2, 0.25) is 0 Å². The third kappa shape index (κ3) is 4.23. The van der Waals surface area contributed by atoms with Crippen molar-refractivity contribution in [2.24, 2.45) is 5.92 Å². The highest BCUT2D eigenvalue weighted by atomic mass is 16.5. The van der Waals surface area contributed by atoms with Gasteiger partial charge in [-0.2, -0.15) is 0 Å². The number of nitrogens with one attached hydrogen (secondary N) is 1. The fraction of sp³-hybridized carbons (Fsp3) is 0.250. The van der Waals surface area contributed by atoms with Crippen LogP contribution in [-0.4, -0.2) is 35.6 Å². The molecule has 0 bridgehead atoms. The molecule has 3 heterocycles. The van der Waals surface area contributed by atoms with Crippen LogP contribution in [0.25, 0.3) is 33.5 Å². The van der Waals surface area contributed by atoms with E-state index in [1.165, 1.54) is 6.33 Å². The molecule has 5 aromatic rings. The average Bonchev–Trinajstić information content (AvgIpc) is 3.37. The first kappa shape index (κ1) is 23.7. The number of H-pyrrole nitrogens is 1. The van der Waals surface area contributed by atoms with E-state index in [-0.39, 0.29) is 23.1 Å². The van der Waals surface area contributed by atoms with E-state index >= 15 is 0 Å². The maximum Gasteiger partial charge on any atom is 0.306 e. The van der Waals surface area contributed by atoms with Crippen LogP contribution in [0.15, 0.2) is 65.7 Å². The molecule has 4 N–H and O–H groups in total. The number of anilines is 1. The number of nitrogen functional groups attached to an aromatic ring is 1. The highest BCUT2D eigenvalue weighted by molar-refractivity contribution is 5.91. The molecule has 1 aliphatic rings. The number of carboxylic acids is 1. The first-order valence-corrected chi connectivity index (χ1v) is 12.5. The number of nitrogens with two attached hydrogens (primary N) is 1. The van der Waals surface area contributed by atoms with Crippen molar-refractivity contribution < 1.29 is 14.6 Å². The largest absolute Gasteiger partial charge is 0.488 e. The third-order valence-electron chi connectivity index (χ3n) is 7.23. The Hall–Kier alpha value is -4.73. The van der Waals surface area contributed by atoms with Crippen molar-refractivity contribution in [3.63, 3.8) is 0 Å². The Morgan fingerprint density at radius 3 is 2.63 bits per heavy atom. The fourth-order valence-electron chi connectivity index (χ4n) is 5.25. The van der Waals surface area contributed by atoms with E-state index < -0.39 is 11.9 Å². The SMILES string of the molecule is Nc1ncnc2c1nc(-c1cc3c(OCc4ccccc4)cccc3[nH]1)c(=O)n2C1CCC(C(=O)O)CC1. The topological polar surface area (TPSA) is 149 Å². The molecule has 0 radical (unpaired) electrons. The zero-order chi connectivity index (χ0) is 26.2. The lowest BCUT2D eigenvalue weighted by Gasteiger charge is -2.28. The molecule has 0 aliphatic heterocycles. The number of fused-ring (bicyclic) bond motifs is 2. The van der Waals surface area contributed by atoms with Crippen molar-refractivity contribution in [1.82, 2.24) is 24.5 Å². The monoisotopic (exact) mass is 510 g/mol. The quantitative estimate of drug-likeness (QED) is 0.306. The molecule has 192 valence electrons. The van der Waals surface area contributed by atoms with Gasteiger partial charge >= 0.3 is 5.97 Å². The Bertz CT molecular complexity index is 1700. The number of aromatic nitrogens is 5. The number of benzene rings is 2. The third-order valence-corrected chi connectivity index (χ3v) is 7.23. The van der Waals surface area contributed by atoms with Gasteiger partial charge in [-0.05, 0) is 49.4 Å². The Labute approximate surface area is 217 Å². The lowest BCUT2D eigenvalue weighted by molar-refractivity contribution is -0.143. The molecule has 38 heavy (non-hydrogen) atoms. The predicted octanol–water partition coefficient (Wildman–Crippen LogP) is 4.31. The van der Waals surface area contributed by atoms with E-state index in [1.807, 2.05) is 54.6 Å². The van der Waals surface area contributed by atoms with Crippen molar-refractivity contribution >= 4 is 33.9 Å². The summed E-state index contributed by atoms with van der Waals surface area (Å²) in [6.07, 6.45) is 3.38. The first-order chi connectivity index (χ1) is 18.5. The van der Waals surface area contributed by atoms with Crippen LogP contribution in [0.4, 0.5) is 5.82 Å². The van der Waals surface area contributed by atoms with Crippen LogP contribution in [0.1, 0.15) is 37.3 Å². The molecule has 0 saturated heterocycles. The van der Waals surface area contributed by atoms with E-state index in [2.05, 4.69) is 19.9 Å². The van der Waals surface area contributed by atoms with Gasteiger partial charge in [0, 0.05) is 16.9 Å². The van der Waals surface area contributed by atoms with Crippen molar-refractivity contribution in [3.05, 3.63) is 76.8 Å². The minimum atomic E-state index is -0.800. The van der Waals surface area contributed by atoms with Gasteiger partial charge in [-0.3, -0.25) is 14.2 Å². The van der Waals surface area contributed by atoms with Gasteiger partial charge < -0.3 is 20.6 Å². The summed E-state index contributed by atoms with van der Waals surface area (Å²) in [5, 5.41) is 10.2. The van der Waals surface area contributed by atoms with Crippen LogP contribution in [0.3, 0.4) is 0 Å². The van der Waals surface area contributed by atoms with Crippen molar-refractivity contribution in [1.29, 1.82) is 0 Å². The van der Waals surface area contributed by atoms with Crippen LogP contribution >= 0.6 is 0 Å². The molecule has 6 rings (SSSR count). The number of ether oxygens (including phenoxy) is 1. The number of carboxylic acid groups (broad SMARTS) is 1. The standard InChI is InChI=1S/C28H26N6O4/c29-25-24-26(31-15-30-25)34(18-11-9-17(10-12-18)28(36)37)27(35)23(33-24)21-13-19-20(32-21)7-4-8-22(19)38-14-16-5-2-1-3-6-16/h1-8,13,15,17-18,32H,9-12,14H2,(H,36,37)(H2,29,30,31). The predicted molar refractivity (Wildman–Crippen MR) is 143 cm³/mol. The molecule has 10 nitrogen and oxygen atoms in total. The van der Waals surface area contributed by atoms with E-state index in [1.54, 1.807) is 4.57 Å². The zero-order valence-corrected chi connectivity index (χ0v) is 20.5. The van der Waals surface area contributed by atoms with E-state index in [0.29, 0.717) is 54.9 Å². The first-order valence-electron chi connectivity index (χ1n) is 12.5. The number of rotatable bonds is 6. The number of hydrogen-bond acceptors (Lipinski definition) is 7. The van der Waals surface area contributed by atoms with Crippen LogP contribution < -0.4 is 16.0 Å². The molecule has 10 heteroatoms. The Balaban J connectivity index is 1.43. The van der Waals surface area contributed by atoms with Gasteiger partial charge in [0.25, 0.3) is 5.56 Å². The summed E-state index contributed by atoms with van der Waals surface area (Å²) in [5.41, 5.74) is 9.13. The number of hydrogen-bond donors (Lipinski definition) is 3. The minimum absolute atomic E-state index is 0.173. The molecule has 1 aliphatic carbocycles. The summed E-state index contributed by atoms with van der Waals surface area (Å²) in [6, 6.07) is 17.2. The number of nitrogens with zero attached hydrogens (tertiary/aromatic N) is 4. The number of aromatic amines is 1. The van der Waals surface area contributed by atoms with Gasteiger partial charge in [-0.1, -0.05) is 36.4 Å². The smallest absolute Gasteiger partial charge is 0.306 e. The fourth-order valence-corrected chi connectivity index (χ4v) is 5.25. The zero-order valence-electron chi connectivity index (χ0n) is 20.5. The highest BCUT2D eigenvalue weighted by Crippen LogP contribution is 2.35. The normalized spacial score (nSPS) is 17.6. The van der Waals surface area contributed by atoms with E-state index in [9.17, 15) is 14.7 Å². The van der Waals surface area contributed by atoms with Gasteiger partial charge in [0.1, 0.15) is 24.2 Å². The molecular formula is C28H26N6O4. The molecule has 1 fully saturated rings. The molecule has 0 atom stereocenters.